The lowest BCUT2D eigenvalue weighted by Crippen LogP contribution is -2.68. The zero-order valence-corrected chi connectivity index (χ0v) is 29.7. The fraction of sp³-hybridized carbons (Fsp3) is 0.732. The van der Waals surface area contributed by atoms with E-state index in [1.54, 1.807) is 6.92 Å². The van der Waals surface area contributed by atoms with Crippen LogP contribution in [0.15, 0.2) is 42.5 Å². The number of carbonyl (C=O) groups excluding carboxylic acids is 1. The number of hydrogen-bond acceptors (Lipinski definition) is 3. The lowest BCUT2D eigenvalue weighted by molar-refractivity contribution is -0.219. The molecular weight excluding hydrogens is 552 g/mol. The van der Waals surface area contributed by atoms with Gasteiger partial charge >= 0.3 is 0 Å². The maximum Gasteiger partial charge on any atom is 0.216 e. The summed E-state index contributed by atoms with van der Waals surface area (Å²) < 4.78 is 0. The summed E-state index contributed by atoms with van der Waals surface area (Å²) in [5, 5.41) is 17.2. The SMILES string of the molecule is C=C(C)[C@@H]1CCC2(NCCNC(C)=O)CC[C@]3(C)[C@H](CC[C@@H]4[C@@]5(C)CC=C(c6ccc(C(C)O)cc6)C(C)(C)[C@@H]5CC[C@]43C)[C@@H]12. The number of allylic oxidation sites excluding steroid dienone is 3. The monoisotopic (exact) mass is 614 g/mol. The van der Waals surface area contributed by atoms with Crippen LogP contribution in [-0.4, -0.2) is 29.6 Å². The van der Waals surface area contributed by atoms with Gasteiger partial charge in [0.2, 0.25) is 5.91 Å². The Hall–Kier alpha value is -1.91. The summed E-state index contributed by atoms with van der Waals surface area (Å²) in [6.07, 6.45) is 13.7. The van der Waals surface area contributed by atoms with Crippen molar-refractivity contribution in [2.75, 3.05) is 13.1 Å². The second-order valence-electron chi connectivity index (χ2n) is 17.6. The Morgan fingerprint density at radius 1 is 0.911 bits per heavy atom. The normalized spacial score (nSPS) is 42.3. The van der Waals surface area contributed by atoms with E-state index in [1.165, 1.54) is 74.5 Å². The molecule has 0 bridgehead atoms. The molecule has 0 saturated heterocycles. The highest BCUT2D eigenvalue weighted by atomic mass is 16.3. The highest BCUT2D eigenvalue weighted by Crippen LogP contribution is 2.76. The molecule has 1 aromatic carbocycles. The lowest BCUT2D eigenvalue weighted by atomic mass is 9.33. The van der Waals surface area contributed by atoms with Crippen molar-refractivity contribution in [3.63, 3.8) is 0 Å². The van der Waals surface area contributed by atoms with E-state index in [0.29, 0.717) is 46.5 Å². The van der Waals surface area contributed by atoms with Crippen LogP contribution in [0.1, 0.15) is 130 Å². The number of aliphatic hydroxyl groups excluding tert-OH is 1. The molecule has 0 radical (unpaired) electrons. The molecule has 10 atom stereocenters. The predicted molar refractivity (Wildman–Crippen MR) is 186 cm³/mol. The zero-order valence-electron chi connectivity index (χ0n) is 29.7. The largest absolute Gasteiger partial charge is 0.389 e. The van der Waals surface area contributed by atoms with Gasteiger partial charge in [0.15, 0.2) is 0 Å². The van der Waals surface area contributed by atoms with Gasteiger partial charge < -0.3 is 15.7 Å². The first-order chi connectivity index (χ1) is 21.1. The van der Waals surface area contributed by atoms with Crippen molar-refractivity contribution in [3.8, 4) is 0 Å². The molecule has 4 heteroatoms. The molecule has 4 nitrogen and oxygen atoms in total. The van der Waals surface area contributed by atoms with Gasteiger partial charge in [-0.1, -0.05) is 77.1 Å². The second kappa shape index (κ2) is 11.4. The fourth-order valence-corrected chi connectivity index (χ4v) is 13.0. The van der Waals surface area contributed by atoms with Crippen LogP contribution in [0.4, 0.5) is 0 Å². The van der Waals surface area contributed by atoms with E-state index >= 15 is 0 Å². The van der Waals surface area contributed by atoms with Gasteiger partial charge in [-0.25, -0.2) is 0 Å². The molecule has 6 rings (SSSR count). The van der Waals surface area contributed by atoms with Crippen LogP contribution in [0.5, 0.6) is 0 Å². The van der Waals surface area contributed by atoms with Crippen molar-refractivity contribution in [2.24, 2.45) is 51.2 Å². The molecule has 5 aliphatic carbocycles. The van der Waals surface area contributed by atoms with Gasteiger partial charge in [-0.15, -0.1) is 0 Å². The van der Waals surface area contributed by atoms with Gasteiger partial charge in [0, 0.05) is 25.6 Å². The summed E-state index contributed by atoms with van der Waals surface area (Å²) >= 11 is 0. The number of aliphatic hydroxyl groups is 1. The Kier molecular flexibility index (Phi) is 8.33. The minimum absolute atomic E-state index is 0.0609. The smallest absolute Gasteiger partial charge is 0.216 e. The summed E-state index contributed by atoms with van der Waals surface area (Å²) in [6, 6.07) is 8.72. The predicted octanol–water partition coefficient (Wildman–Crippen LogP) is 8.87. The topological polar surface area (TPSA) is 61.4 Å². The molecule has 0 aromatic heterocycles. The minimum atomic E-state index is -0.428. The Bertz CT molecular complexity index is 1340. The van der Waals surface area contributed by atoms with Gasteiger partial charge in [-0.3, -0.25) is 4.79 Å². The van der Waals surface area contributed by atoms with E-state index in [1.807, 2.05) is 6.92 Å². The summed E-state index contributed by atoms with van der Waals surface area (Å²) in [5.41, 5.74) is 6.43. The van der Waals surface area contributed by atoms with E-state index in [0.717, 1.165) is 18.0 Å². The maximum atomic E-state index is 11.6. The average Bonchev–Trinajstić information content (AvgIpc) is 3.36. The number of fused-ring (bicyclic) bond motifs is 7. The van der Waals surface area contributed by atoms with E-state index in [4.69, 9.17) is 0 Å². The first-order valence-corrected chi connectivity index (χ1v) is 18.2. The van der Waals surface area contributed by atoms with Gasteiger partial charge in [-0.05, 0) is 140 Å². The third-order valence-corrected chi connectivity index (χ3v) is 15.3. The van der Waals surface area contributed by atoms with Crippen LogP contribution < -0.4 is 10.6 Å². The molecule has 0 aliphatic heterocycles. The van der Waals surface area contributed by atoms with Crippen molar-refractivity contribution in [1.82, 2.24) is 10.6 Å². The molecule has 5 aliphatic rings. The Morgan fingerprint density at radius 2 is 1.62 bits per heavy atom. The second-order valence-corrected chi connectivity index (χ2v) is 17.6. The number of amides is 1. The molecule has 0 spiro atoms. The average molecular weight is 615 g/mol. The van der Waals surface area contributed by atoms with Crippen LogP contribution >= 0.6 is 0 Å². The first-order valence-electron chi connectivity index (χ1n) is 18.2. The molecule has 1 aromatic rings. The quantitative estimate of drug-likeness (QED) is 0.212. The van der Waals surface area contributed by atoms with Crippen molar-refractivity contribution >= 4 is 11.5 Å². The highest BCUT2D eigenvalue weighted by molar-refractivity contribution is 5.73. The molecule has 3 N–H and O–H groups in total. The molecule has 4 saturated carbocycles. The molecule has 45 heavy (non-hydrogen) atoms. The molecule has 248 valence electrons. The summed E-state index contributed by atoms with van der Waals surface area (Å²) in [5.74, 6) is 3.38. The zero-order chi connectivity index (χ0) is 32.6. The summed E-state index contributed by atoms with van der Waals surface area (Å²) in [4.78, 5) is 11.6. The standard InChI is InChI=1S/C41H62N2O2/c1-26(2)31-16-21-41(43-25-24-42-28(4)45)23-22-39(8)33(36(31)41)14-15-35-38(7)19-17-32(30-12-10-29(11-13-30)27(3)44)37(5,6)34(38)18-20-40(35,39)9/h10-13,17,27,31,33-36,43-44H,1,14-16,18-25H2,2-9H3,(H,42,45)/t27?,31-,33+,34-,35+,36+,38-,39+,40+,41?/m0/s1. The van der Waals surface area contributed by atoms with Gasteiger partial charge in [0.05, 0.1) is 6.10 Å². The Labute approximate surface area is 274 Å². The fourth-order valence-electron chi connectivity index (χ4n) is 13.0. The van der Waals surface area contributed by atoms with E-state index in [2.05, 4.69) is 89.1 Å². The Balaban J connectivity index is 1.31. The van der Waals surface area contributed by atoms with Crippen LogP contribution in [-0.2, 0) is 4.79 Å². The lowest BCUT2D eigenvalue weighted by Gasteiger charge is -2.72. The van der Waals surface area contributed by atoms with Crippen LogP contribution in [0.3, 0.4) is 0 Å². The van der Waals surface area contributed by atoms with E-state index in [9.17, 15) is 9.90 Å². The number of hydrogen-bond donors (Lipinski definition) is 3. The highest BCUT2D eigenvalue weighted by Gasteiger charge is 2.70. The Morgan fingerprint density at radius 3 is 2.27 bits per heavy atom. The van der Waals surface area contributed by atoms with Crippen LogP contribution in [0, 0.1) is 51.2 Å². The van der Waals surface area contributed by atoms with E-state index in [-0.39, 0.29) is 16.9 Å². The minimum Gasteiger partial charge on any atom is -0.389 e. The third-order valence-electron chi connectivity index (χ3n) is 15.3. The van der Waals surface area contributed by atoms with Gasteiger partial charge in [0.1, 0.15) is 0 Å². The van der Waals surface area contributed by atoms with Crippen molar-refractivity contribution in [1.29, 1.82) is 0 Å². The number of rotatable bonds is 7. The van der Waals surface area contributed by atoms with Crippen molar-refractivity contribution < 1.29 is 9.90 Å². The number of nitrogens with one attached hydrogen (secondary N) is 2. The van der Waals surface area contributed by atoms with Crippen molar-refractivity contribution in [2.45, 2.75) is 125 Å². The number of benzene rings is 1. The summed E-state index contributed by atoms with van der Waals surface area (Å²) in [7, 11) is 0. The number of carbonyl (C=O) groups is 1. The maximum absolute atomic E-state index is 11.6. The first kappa shape index (κ1) is 33.0. The van der Waals surface area contributed by atoms with Crippen LogP contribution in [0.2, 0.25) is 0 Å². The molecule has 0 heterocycles. The molecule has 2 unspecified atom stereocenters. The van der Waals surface area contributed by atoms with Gasteiger partial charge in [0.25, 0.3) is 0 Å². The van der Waals surface area contributed by atoms with Crippen LogP contribution in [0.25, 0.3) is 5.57 Å². The molecule has 4 fully saturated rings. The molecular formula is C41H62N2O2. The van der Waals surface area contributed by atoms with Gasteiger partial charge in [-0.2, -0.15) is 0 Å². The summed E-state index contributed by atoms with van der Waals surface area (Å²) in [6.45, 7) is 25.1. The molecule has 1 amide bonds. The third kappa shape index (κ3) is 4.93. The van der Waals surface area contributed by atoms with E-state index < -0.39 is 6.10 Å². The van der Waals surface area contributed by atoms with Crippen molar-refractivity contribution in [3.05, 3.63) is 53.6 Å².